The molecular formula is C22H24N2O2. The van der Waals surface area contributed by atoms with Crippen molar-refractivity contribution in [3.63, 3.8) is 0 Å². The second-order valence-corrected chi connectivity index (χ2v) is 5.99. The van der Waals surface area contributed by atoms with Gasteiger partial charge in [0, 0.05) is 12.7 Å². The SMILES string of the molecule is COc1cc(CNc2ccccn2)ccc1OCCCc1ccccc1. The molecule has 0 amide bonds. The zero-order valence-electron chi connectivity index (χ0n) is 15.0. The van der Waals surface area contributed by atoms with Gasteiger partial charge < -0.3 is 14.8 Å². The third-order valence-corrected chi connectivity index (χ3v) is 4.08. The van der Waals surface area contributed by atoms with E-state index in [2.05, 4.69) is 34.6 Å². The maximum absolute atomic E-state index is 5.91. The van der Waals surface area contributed by atoms with Crippen LogP contribution in [0.15, 0.2) is 72.9 Å². The van der Waals surface area contributed by atoms with E-state index in [1.807, 2.05) is 42.5 Å². The van der Waals surface area contributed by atoms with Crippen molar-refractivity contribution in [2.45, 2.75) is 19.4 Å². The topological polar surface area (TPSA) is 43.4 Å². The van der Waals surface area contributed by atoms with E-state index < -0.39 is 0 Å². The van der Waals surface area contributed by atoms with E-state index >= 15 is 0 Å². The van der Waals surface area contributed by atoms with Crippen LogP contribution in [0.3, 0.4) is 0 Å². The largest absolute Gasteiger partial charge is 0.493 e. The molecule has 0 aliphatic carbocycles. The Hall–Kier alpha value is -3.01. The van der Waals surface area contributed by atoms with E-state index in [1.165, 1.54) is 5.56 Å². The molecule has 0 radical (unpaired) electrons. The first kappa shape index (κ1) is 17.8. The molecule has 0 saturated carbocycles. The molecule has 1 N–H and O–H groups in total. The number of pyridine rings is 1. The lowest BCUT2D eigenvalue weighted by molar-refractivity contribution is 0.289. The van der Waals surface area contributed by atoms with Gasteiger partial charge in [-0.25, -0.2) is 4.98 Å². The molecule has 0 spiro atoms. The Kier molecular flexibility index (Phi) is 6.48. The van der Waals surface area contributed by atoms with Gasteiger partial charge in [0.1, 0.15) is 5.82 Å². The van der Waals surface area contributed by atoms with Gasteiger partial charge in [0.2, 0.25) is 0 Å². The van der Waals surface area contributed by atoms with Crippen LogP contribution in [0, 0.1) is 0 Å². The Labute approximate surface area is 154 Å². The summed E-state index contributed by atoms with van der Waals surface area (Å²) in [5.74, 6) is 2.39. The van der Waals surface area contributed by atoms with Gasteiger partial charge in [-0.15, -0.1) is 0 Å². The number of hydrogen-bond acceptors (Lipinski definition) is 4. The monoisotopic (exact) mass is 348 g/mol. The average Bonchev–Trinajstić information content (AvgIpc) is 2.71. The van der Waals surface area contributed by atoms with Crippen LogP contribution < -0.4 is 14.8 Å². The van der Waals surface area contributed by atoms with Gasteiger partial charge in [0.25, 0.3) is 0 Å². The molecule has 4 heteroatoms. The first-order valence-corrected chi connectivity index (χ1v) is 8.84. The third kappa shape index (κ3) is 5.24. The average molecular weight is 348 g/mol. The quantitative estimate of drug-likeness (QED) is 0.569. The zero-order valence-corrected chi connectivity index (χ0v) is 15.0. The Bertz CT molecular complexity index is 792. The van der Waals surface area contributed by atoms with E-state index in [9.17, 15) is 0 Å². The lowest BCUT2D eigenvalue weighted by Gasteiger charge is -2.13. The predicted octanol–water partition coefficient (Wildman–Crippen LogP) is 4.71. The molecule has 4 nitrogen and oxygen atoms in total. The zero-order chi connectivity index (χ0) is 18.0. The van der Waals surface area contributed by atoms with Crippen molar-refractivity contribution in [1.82, 2.24) is 4.98 Å². The summed E-state index contributed by atoms with van der Waals surface area (Å²) in [7, 11) is 1.67. The van der Waals surface area contributed by atoms with Gasteiger partial charge in [-0.2, -0.15) is 0 Å². The molecule has 3 aromatic rings. The van der Waals surface area contributed by atoms with Gasteiger partial charge in [0.05, 0.1) is 13.7 Å². The number of methoxy groups -OCH3 is 1. The number of aromatic nitrogens is 1. The molecule has 0 unspecified atom stereocenters. The molecule has 1 aromatic heterocycles. The minimum atomic E-state index is 0.663. The van der Waals surface area contributed by atoms with Gasteiger partial charge in [-0.1, -0.05) is 42.5 Å². The number of nitrogens with zero attached hydrogens (tertiary/aromatic N) is 1. The normalized spacial score (nSPS) is 10.3. The predicted molar refractivity (Wildman–Crippen MR) is 105 cm³/mol. The second kappa shape index (κ2) is 9.47. The van der Waals surface area contributed by atoms with Crippen molar-refractivity contribution in [3.05, 3.63) is 84.1 Å². The van der Waals surface area contributed by atoms with Crippen LogP contribution in [0.2, 0.25) is 0 Å². The van der Waals surface area contributed by atoms with E-state index in [0.717, 1.165) is 35.7 Å². The number of anilines is 1. The molecule has 3 rings (SSSR count). The Balaban J connectivity index is 1.51. The number of hydrogen-bond donors (Lipinski definition) is 1. The third-order valence-electron chi connectivity index (χ3n) is 4.08. The van der Waals surface area contributed by atoms with Crippen LogP contribution in [0.25, 0.3) is 0 Å². The minimum absolute atomic E-state index is 0.663. The molecular weight excluding hydrogens is 324 g/mol. The Morgan fingerprint density at radius 3 is 2.50 bits per heavy atom. The minimum Gasteiger partial charge on any atom is -0.493 e. The number of rotatable bonds is 9. The first-order chi connectivity index (χ1) is 12.8. The molecule has 1 heterocycles. The standard InChI is InChI=1S/C22H24N2O2/c1-25-21-16-19(17-24-22-11-5-6-14-23-22)12-13-20(21)26-15-7-10-18-8-3-2-4-9-18/h2-6,8-9,11-14,16H,7,10,15,17H2,1H3,(H,23,24). The first-order valence-electron chi connectivity index (χ1n) is 8.84. The van der Waals surface area contributed by atoms with Crippen LogP contribution >= 0.6 is 0 Å². The highest BCUT2D eigenvalue weighted by Crippen LogP contribution is 2.28. The van der Waals surface area contributed by atoms with Crippen molar-refractivity contribution in [2.24, 2.45) is 0 Å². The molecule has 0 atom stereocenters. The van der Waals surface area contributed by atoms with Crippen LogP contribution in [0.1, 0.15) is 17.5 Å². The number of aryl methyl sites for hydroxylation is 1. The Morgan fingerprint density at radius 2 is 1.73 bits per heavy atom. The maximum atomic E-state index is 5.91. The highest BCUT2D eigenvalue weighted by Gasteiger charge is 2.06. The van der Waals surface area contributed by atoms with Crippen LogP contribution in [0.5, 0.6) is 11.5 Å². The van der Waals surface area contributed by atoms with Crippen molar-refractivity contribution in [1.29, 1.82) is 0 Å². The fourth-order valence-corrected chi connectivity index (χ4v) is 2.70. The van der Waals surface area contributed by atoms with E-state index in [1.54, 1.807) is 13.3 Å². The second-order valence-electron chi connectivity index (χ2n) is 5.99. The summed E-state index contributed by atoms with van der Waals surface area (Å²) in [6, 6.07) is 22.3. The fourth-order valence-electron chi connectivity index (χ4n) is 2.70. The number of nitrogens with one attached hydrogen (secondary N) is 1. The van der Waals surface area contributed by atoms with Crippen LogP contribution in [-0.2, 0) is 13.0 Å². The molecule has 0 saturated heterocycles. The molecule has 0 bridgehead atoms. The summed E-state index contributed by atoms with van der Waals surface area (Å²) in [4.78, 5) is 4.26. The molecule has 0 aliphatic heterocycles. The Morgan fingerprint density at radius 1 is 0.885 bits per heavy atom. The molecule has 0 fully saturated rings. The highest BCUT2D eigenvalue weighted by molar-refractivity contribution is 5.44. The van der Waals surface area contributed by atoms with Crippen molar-refractivity contribution < 1.29 is 9.47 Å². The van der Waals surface area contributed by atoms with Gasteiger partial charge >= 0.3 is 0 Å². The lowest BCUT2D eigenvalue weighted by atomic mass is 10.1. The van der Waals surface area contributed by atoms with Crippen LogP contribution in [0.4, 0.5) is 5.82 Å². The van der Waals surface area contributed by atoms with Crippen molar-refractivity contribution in [3.8, 4) is 11.5 Å². The van der Waals surface area contributed by atoms with Gasteiger partial charge in [-0.05, 0) is 48.2 Å². The summed E-state index contributed by atoms with van der Waals surface area (Å²) in [5.41, 5.74) is 2.45. The molecule has 26 heavy (non-hydrogen) atoms. The summed E-state index contributed by atoms with van der Waals surface area (Å²) in [6.45, 7) is 1.35. The summed E-state index contributed by atoms with van der Waals surface area (Å²) in [6.07, 6.45) is 3.75. The van der Waals surface area contributed by atoms with E-state index in [0.29, 0.717) is 13.2 Å². The molecule has 0 aliphatic rings. The fraction of sp³-hybridized carbons (Fsp3) is 0.227. The molecule has 2 aromatic carbocycles. The summed E-state index contributed by atoms with van der Waals surface area (Å²) < 4.78 is 11.4. The smallest absolute Gasteiger partial charge is 0.161 e. The van der Waals surface area contributed by atoms with E-state index in [-0.39, 0.29) is 0 Å². The van der Waals surface area contributed by atoms with Crippen molar-refractivity contribution >= 4 is 5.82 Å². The summed E-state index contributed by atoms with van der Waals surface area (Å²) in [5, 5.41) is 3.29. The van der Waals surface area contributed by atoms with Crippen LogP contribution in [-0.4, -0.2) is 18.7 Å². The highest BCUT2D eigenvalue weighted by atomic mass is 16.5. The number of benzene rings is 2. The number of ether oxygens (including phenoxy) is 2. The van der Waals surface area contributed by atoms with Gasteiger partial charge in [0.15, 0.2) is 11.5 Å². The lowest BCUT2D eigenvalue weighted by Crippen LogP contribution is -2.03. The molecule has 134 valence electrons. The van der Waals surface area contributed by atoms with E-state index in [4.69, 9.17) is 9.47 Å². The van der Waals surface area contributed by atoms with Gasteiger partial charge in [-0.3, -0.25) is 0 Å². The maximum Gasteiger partial charge on any atom is 0.161 e. The summed E-state index contributed by atoms with van der Waals surface area (Å²) >= 11 is 0. The van der Waals surface area contributed by atoms with Crippen molar-refractivity contribution in [2.75, 3.05) is 19.0 Å².